The van der Waals surface area contributed by atoms with Gasteiger partial charge >= 0.3 is 0 Å². The molecule has 0 radical (unpaired) electrons. The van der Waals surface area contributed by atoms with E-state index in [1.807, 2.05) is 24.3 Å². The van der Waals surface area contributed by atoms with E-state index in [-0.39, 0.29) is 11.2 Å². The Kier molecular flexibility index (Phi) is 2.54. The molecule has 72 valence electrons. The summed E-state index contributed by atoms with van der Waals surface area (Å²) in [7, 11) is 0. The number of para-hydroxylation sites is 1. The van der Waals surface area contributed by atoms with Gasteiger partial charge in [0.15, 0.2) is 0 Å². The molecule has 1 aromatic carbocycles. The number of benzene rings is 1. The van der Waals surface area contributed by atoms with Crippen molar-refractivity contribution in [2.24, 2.45) is 10.7 Å². The zero-order valence-electron chi connectivity index (χ0n) is 7.51. The van der Waals surface area contributed by atoms with Gasteiger partial charge < -0.3 is 5.73 Å². The van der Waals surface area contributed by atoms with Crippen molar-refractivity contribution in [3.05, 3.63) is 24.3 Å². The van der Waals surface area contributed by atoms with E-state index in [4.69, 9.17) is 5.73 Å². The summed E-state index contributed by atoms with van der Waals surface area (Å²) < 4.78 is 0. The van der Waals surface area contributed by atoms with Gasteiger partial charge in [-0.15, -0.1) is 11.8 Å². The van der Waals surface area contributed by atoms with Gasteiger partial charge in [0.05, 0.1) is 10.9 Å². The number of rotatable bonds is 2. The average Bonchev–Trinajstić information content (AvgIpc) is 2.17. The zero-order valence-corrected chi connectivity index (χ0v) is 8.33. The lowest BCUT2D eigenvalue weighted by Crippen LogP contribution is -2.19. The number of amides is 1. The summed E-state index contributed by atoms with van der Waals surface area (Å²) >= 11 is 1.64. The largest absolute Gasteiger partial charge is 0.370 e. The minimum atomic E-state index is -0.284. The summed E-state index contributed by atoms with van der Waals surface area (Å²) in [6, 6.07) is 7.88. The van der Waals surface area contributed by atoms with Crippen molar-refractivity contribution < 1.29 is 4.79 Å². The first-order chi connectivity index (χ1) is 6.75. The van der Waals surface area contributed by atoms with Crippen molar-refractivity contribution >= 4 is 29.6 Å². The number of carbonyl (C=O) groups excluding carboxylic acids is 1. The Balaban J connectivity index is 2.17. The fourth-order valence-electron chi connectivity index (χ4n) is 1.31. The van der Waals surface area contributed by atoms with E-state index < -0.39 is 0 Å². The van der Waals surface area contributed by atoms with E-state index in [0.717, 1.165) is 10.6 Å². The molecule has 1 amide bonds. The number of thioether (sulfide) groups is 1. The molecule has 0 saturated heterocycles. The third-order valence-corrected chi connectivity index (χ3v) is 3.12. The molecule has 0 spiro atoms. The highest BCUT2D eigenvalue weighted by Gasteiger charge is 2.16. The third-order valence-electron chi connectivity index (χ3n) is 1.93. The van der Waals surface area contributed by atoms with Gasteiger partial charge in [-0.1, -0.05) is 12.1 Å². The Morgan fingerprint density at radius 2 is 2.29 bits per heavy atom. The van der Waals surface area contributed by atoms with Gasteiger partial charge in [0.2, 0.25) is 5.91 Å². The van der Waals surface area contributed by atoms with Crippen molar-refractivity contribution in [3.63, 3.8) is 0 Å². The second-order valence-electron chi connectivity index (χ2n) is 3.07. The normalized spacial score (nSPS) is 19.0. The molecule has 0 saturated carbocycles. The lowest BCUT2D eigenvalue weighted by molar-refractivity contribution is -0.117. The highest BCUT2D eigenvalue weighted by atomic mass is 32.2. The van der Waals surface area contributed by atoms with Gasteiger partial charge in [-0.05, 0) is 12.1 Å². The van der Waals surface area contributed by atoms with Crippen LogP contribution in [-0.2, 0) is 4.79 Å². The fraction of sp³-hybridized carbons (Fsp3) is 0.200. The Bertz CT molecular complexity index is 389. The maximum absolute atomic E-state index is 10.7. The van der Waals surface area contributed by atoms with Gasteiger partial charge in [0.1, 0.15) is 0 Å². The van der Waals surface area contributed by atoms with Crippen LogP contribution in [-0.4, -0.2) is 17.4 Å². The minimum absolute atomic E-state index is 0.0856. The number of hydrogen-bond donors (Lipinski definition) is 1. The van der Waals surface area contributed by atoms with Crippen molar-refractivity contribution in [2.75, 3.05) is 0 Å². The highest BCUT2D eigenvalue weighted by Crippen LogP contribution is 2.36. The van der Waals surface area contributed by atoms with Crippen LogP contribution >= 0.6 is 11.8 Å². The van der Waals surface area contributed by atoms with Gasteiger partial charge in [-0.3, -0.25) is 9.79 Å². The number of primary amides is 1. The summed E-state index contributed by atoms with van der Waals surface area (Å²) in [4.78, 5) is 16.1. The number of carbonyl (C=O) groups is 1. The number of fused-ring (bicyclic) bond motifs is 1. The number of hydrogen-bond acceptors (Lipinski definition) is 3. The maximum atomic E-state index is 10.7. The van der Waals surface area contributed by atoms with Crippen LogP contribution in [0.4, 0.5) is 5.69 Å². The third kappa shape index (κ3) is 1.96. The monoisotopic (exact) mass is 206 g/mol. The smallest absolute Gasteiger partial charge is 0.218 e. The first-order valence-corrected chi connectivity index (χ1v) is 5.22. The summed E-state index contributed by atoms with van der Waals surface area (Å²) in [5, 5.41) is 0.0856. The van der Waals surface area contributed by atoms with E-state index in [2.05, 4.69) is 4.99 Å². The summed E-state index contributed by atoms with van der Waals surface area (Å²) in [6.45, 7) is 0. The topological polar surface area (TPSA) is 55.5 Å². The quantitative estimate of drug-likeness (QED) is 0.801. The molecule has 0 bridgehead atoms. The lowest BCUT2D eigenvalue weighted by atomic mass is 10.3. The first-order valence-electron chi connectivity index (χ1n) is 4.34. The Morgan fingerprint density at radius 1 is 1.50 bits per heavy atom. The second kappa shape index (κ2) is 3.84. The van der Waals surface area contributed by atoms with Gasteiger partial charge in [-0.25, -0.2) is 0 Å². The molecule has 0 aliphatic carbocycles. The van der Waals surface area contributed by atoms with Crippen LogP contribution in [0.3, 0.4) is 0 Å². The van der Waals surface area contributed by atoms with Crippen LogP contribution in [0.1, 0.15) is 6.42 Å². The molecular weight excluding hydrogens is 196 g/mol. The van der Waals surface area contributed by atoms with Crippen molar-refractivity contribution in [3.8, 4) is 0 Å². The van der Waals surface area contributed by atoms with Crippen molar-refractivity contribution in [2.45, 2.75) is 16.6 Å². The van der Waals surface area contributed by atoms with Gasteiger partial charge in [0.25, 0.3) is 0 Å². The SMILES string of the molecule is NC(=O)CC1C=Nc2ccccc2S1. The highest BCUT2D eigenvalue weighted by molar-refractivity contribution is 8.00. The molecule has 1 aromatic rings. The molecule has 0 fully saturated rings. The number of nitrogens with two attached hydrogens (primary N) is 1. The Labute approximate surface area is 86.4 Å². The zero-order chi connectivity index (χ0) is 9.97. The van der Waals surface area contributed by atoms with E-state index >= 15 is 0 Å². The minimum Gasteiger partial charge on any atom is -0.370 e. The molecule has 1 atom stereocenters. The molecule has 2 rings (SSSR count). The predicted octanol–water partition coefficient (Wildman–Crippen LogP) is 1.74. The van der Waals surface area contributed by atoms with E-state index in [0.29, 0.717) is 6.42 Å². The second-order valence-corrected chi connectivity index (χ2v) is 4.35. The van der Waals surface area contributed by atoms with Gasteiger partial charge in [0, 0.05) is 17.5 Å². The molecule has 4 heteroatoms. The molecule has 1 heterocycles. The molecule has 2 N–H and O–H groups in total. The van der Waals surface area contributed by atoms with E-state index in [1.54, 1.807) is 18.0 Å². The Hall–Kier alpha value is -1.29. The molecule has 1 unspecified atom stereocenters. The molecule has 14 heavy (non-hydrogen) atoms. The van der Waals surface area contributed by atoms with Crippen molar-refractivity contribution in [1.29, 1.82) is 0 Å². The number of nitrogens with zero attached hydrogens (tertiary/aromatic N) is 1. The van der Waals surface area contributed by atoms with Crippen molar-refractivity contribution in [1.82, 2.24) is 0 Å². The standard InChI is InChI=1S/C10H10N2OS/c11-10(13)5-7-6-12-8-3-1-2-4-9(8)14-7/h1-4,6-7H,5H2,(H2,11,13). The Morgan fingerprint density at radius 3 is 3.07 bits per heavy atom. The average molecular weight is 206 g/mol. The summed E-state index contributed by atoms with van der Waals surface area (Å²) in [5.41, 5.74) is 6.10. The van der Waals surface area contributed by atoms with Crippen LogP contribution in [0.5, 0.6) is 0 Å². The van der Waals surface area contributed by atoms with E-state index in [9.17, 15) is 4.79 Å². The van der Waals surface area contributed by atoms with Crippen LogP contribution in [0.15, 0.2) is 34.2 Å². The molecular formula is C10H10N2OS. The van der Waals surface area contributed by atoms with Crippen LogP contribution in [0.2, 0.25) is 0 Å². The predicted molar refractivity (Wildman–Crippen MR) is 58.1 cm³/mol. The first kappa shape index (κ1) is 9.27. The maximum Gasteiger partial charge on any atom is 0.218 e. The van der Waals surface area contributed by atoms with Gasteiger partial charge in [-0.2, -0.15) is 0 Å². The molecule has 3 nitrogen and oxygen atoms in total. The summed E-state index contributed by atoms with van der Waals surface area (Å²) in [6.07, 6.45) is 2.14. The number of aliphatic imine (C=N–C) groups is 1. The van der Waals surface area contributed by atoms with Crippen LogP contribution < -0.4 is 5.73 Å². The summed E-state index contributed by atoms with van der Waals surface area (Å²) in [5.74, 6) is -0.284. The molecule has 1 aliphatic rings. The molecule has 0 aromatic heterocycles. The fourth-order valence-corrected chi connectivity index (χ4v) is 2.41. The lowest BCUT2D eigenvalue weighted by Gasteiger charge is -2.16. The van der Waals surface area contributed by atoms with E-state index in [1.165, 1.54) is 0 Å². The van der Waals surface area contributed by atoms with Crippen LogP contribution in [0, 0.1) is 0 Å². The van der Waals surface area contributed by atoms with Crippen LogP contribution in [0.25, 0.3) is 0 Å². The molecule has 1 aliphatic heterocycles.